The first-order valence-electron chi connectivity index (χ1n) is 5.66. The third-order valence-electron chi connectivity index (χ3n) is 2.74. The quantitative estimate of drug-likeness (QED) is 0.518. The lowest BCUT2D eigenvalue weighted by molar-refractivity contribution is -0.0280. The van der Waals surface area contributed by atoms with E-state index in [4.69, 9.17) is 14.5 Å². The van der Waals surface area contributed by atoms with Gasteiger partial charge in [0, 0.05) is 24.5 Å². The van der Waals surface area contributed by atoms with Gasteiger partial charge in [-0.15, -0.1) is 0 Å². The summed E-state index contributed by atoms with van der Waals surface area (Å²) in [7, 11) is -4.30. The van der Waals surface area contributed by atoms with Gasteiger partial charge in [0.2, 0.25) is 0 Å². The summed E-state index contributed by atoms with van der Waals surface area (Å²) in [6, 6.07) is 1.11. The van der Waals surface area contributed by atoms with Crippen LogP contribution in [0.2, 0.25) is 0 Å². The van der Waals surface area contributed by atoms with E-state index in [1.165, 1.54) is 6.20 Å². The molecule has 9 nitrogen and oxygen atoms in total. The maximum absolute atomic E-state index is 11.6. The number of aromatic amines is 1. The van der Waals surface area contributed by atoms with Crippen LogP contribution in [-0.4, -0.2) is 36.7 Å². The van der Waals surface area contributed by atoms with Crippen molar-refractivity contribution in [3.8, 4) is 0 Å². The molecular formula is C10H13N2O7P. The van der Waals surface area contributed by atoms with E-state index in [2.05, 4.69) is 0 Å². The standard InChI is InChI=1S/C10H13N2O7P/c13-7-5-6(2-4-20(16,17)18)19-9(7)12-3-1-8(14)11-10(12)15/h1-4,6-7,9,13H,5H2,(H,11,14,15)(H2,16,17,18). The van der Waals surface area contributed by atoms with Crippen LogP contribution in [0.1, 0.15) is 12.6 Å². The predicted molar refractivity (Wildman–Crippen MR) is 67.0 cm³/mol. The van der Waals surface area contributed by atoms with Gasteiger partial charge < -0.3 is 19.6 Å². The number of aliphatic hydroxyl groups excluding tert-OH is 1. The molecule has 1 aromatic heterocycles. The molecule has 1 aliphatic heterocycles. The molecule has 0 radical (unpaired) electrons. The third kappa shape index (κ3) is 3.53. The number of rotatable bonds is 3. The summed E-state index contributed by atoms with van der Waals surface area (Å²) < 4.78 is 17.1. The zero-order chi connectivity index (χ0) is 14.9. The Bertz CT molecular complexity index is 673. The molecular weight excluding hydrogens is 291 g/mol. The molecule has 0 bridgehead atoms. The van der Waals surface area contributed by atoms with Crippen LogP contribution >= 0.6 is 7.60 Å². The summed E-state index contributed by atoms with van der Waals surface area (Å²) in [6.07, 6.45) is -0.394. The first kappa shape index (κ1) is 14.9. The molecule has 3 unspecified atom stereocenters. The van der Waals surface area contributed by atoms with Crippen molar-refractivity contribution in [1.29, 1.82) is 0 Å². The van der Waals surface area contributed by atoms with Gasteiger partial charge in [0.1, 0.15) is 6.10 Å². The van der Waals surface area contributed by atoms with Crippen LogP contribution in [0.5, 0.6) is 0 Å². The highest BCUT2D eigenvalue weighted by molar-refractivity contribution is 7.55. The van der Waals surface area contributed by atoms with E-state index >= 15 is 0 Å². The van der Waals surface area contributed by atoms with Gasteiger partial charge in [-0.25, -0.2) is 4.79 Å². The van der Waals surface area contributed by atoms with E-state index in [-0.39, 0.29) is 6.42 Å². The Labute approximate surface area is 112 Å². The van der Waals surface area contributed by atoms with E-state index < -0.39 is 37.3 Å². The Morgan fingerprint density at radius 1 is 1.45 bits per heavy atom. The first-order valence-corrected chi connectivity index (χ1v) is 7.34. The second-order valence-corrected chi connectivity index (χ2v) is 5.79. The Morgan fingerprint density at radius 2 is 2.15 bits per heavy atom. The van der Waals surface area contributed by atoms with E-state index in [1.54, 1.807) is 0 Å². The van der Waals surface area contributed by atoms with E-state index in [0.717, 1.165) is 16.7 Å². The number of H-pyrrole nitrogens is 1. The molecule has 20 heavy (non-hydrogen) atoms. The van der Waals surface area contributed by atoms with E-state index in [9.17, 15) is 19.3 Å². The summed E-state index contributed by atoms with van der Waals surface area (Å²) >= 11 is 0. The molecule has 1 fully saturated rings. The van der Waals surface area contributed by atoms with Crippen LogP contribution < -0.4 is 11.2 Å². The molecule has 10 heteroatoms. The number of hydrogen-bond donors (Lipinski definition) is 4. The topological polar surface area (TPSA) is 142 Å². The molecule has 2 heterocycles. The highest BCUT2D eigenvalue weighted by atomic mass is 31.2. The molecule has 110 valence electrons. The van der Waals surface area contributed by atoms with Crippen molar-refractivity contribution in [3.05, 3.63) is 45.0 Å². The molecule has 1 aliphatic rings. The SMILES string of the molecule is O=c1ccn(C2OC(C=CP(=O)(O)O)CC2O)c(=O)[nH]1. The summed E-state index contributed by atoms with van der Waals surface area (Å²) in [5.74, 6) is 0.683. The normalized spacial score (nSPS) is 27.2. The van der Waals surface area contributed by atoms with Crippen molar-refractivity contribution < 1.29 is 24.2 Å². The molecule has 3 atom stereocenters. The molecule has 0 aromatic carbocycles. The van der Waals surface area contributed by atoms with Crippen molar-refractivity contribution in [1.82, 2.24) is 9.55 Å². The second-order valence-electron chi connectivity index (χ2n) is 4.32. The van der Waals surface area contributed by atoms with E-state index in [0.29, 0.717) is 5.82 Å². The molecule has 0 aliphatic carbocycles. The Balaban J connectivity index is 2.19. The minimum Gasteiger partial charge on any atom is -0.388 e. The zero-order valence-corrected chi connectivity index (χ0v) is 11.0. The number of nitrogens with one attached hydrogen (secondary N) is 1. The molecule has 0 spiro atoms. The number of aromatic nitrogens is 2. The molecule has 0 saturated carbocycles. The van der Waals surface area contributed by atoms with E-state index in [1.807, 2.05) is 4.98 Å². The number of hydrogen-bond acceptors (Lipinski definition) is 5. The maximum atomic E-state index is 11.6. The maximum Gasteiger partial charge on any atom is 0.348 e. The van der Waals surface area contributed by atoms with Gasteiger partial charge in [0.05, 0.1) is 6.10 Å². The van der Waals surface area contributed by atoms with Gasteiger partial charge in [-0.2, -0.15) is 0 Å². The van der Waals surface area contributed by atoms with Crippen LogP contribution in [0.25, 0.3) is 0 Å². The number of aliphatic hydroxyl groups is 1. The van der Waals surface area contributed by atoms with Crippen molar-refractivity contribution in [3.63, 3.8) is 0 Å². The second kappa shape index (κ2) is 5.47. The third-order valence-corrected chi connectivity index (χ3v) is 3.30. The van der Waals surface area contributed by atoms with Gasteiger partial charge in [0.25, 0.3) is 5.56 Å². The summed E-state index contributed by atoms with van der Waals surface area (Å²) in [4.78, 5) is 42.0. The summed E-state index contributed by atoms with van der Waals surface area (Å²) in [6.45, 7) is 0. The largest absolute Gasteiger partial charge is 0.388 e. The molecule has 0 amide bonds. The van der Waals surface area contributed by atoms with Crippen LogP contribution in [0, 0.1) is 0 Å². The molecule has 4 N–H and O–H groups in total. The number of ether oxygens (including phenoxy) is 1. The van der Waals surface area contributed by atoms with Gasteiger partial charge in [0.15, 0.2) is 6.23 Å². The molecule has 1 aromatic rings. The van der Waals surface area contributed by atoms with Crippen LogP contribution in [0.15, 0.2) is 33.7 Å². The van der Waals surface area contributed by atoms with Gasteiger partial charge >= 0.3 is 13.3 Å². The molecule has 1 saturated heterocycles. The lowest BCUT2D eigenvalue weighted by Crippen LogP contribution is -2.34. The van der Waals surface area contributed by atoms with Crippen molar-refractivity contribution >= 4 is 7.60 Å². The minimum absolute atomic E-state index is 0.0761. The fourth-order valence-electron chi connectivity index (χ4n) is 1.89. The van der Waals surface area contributed by atoms with Crippen molar-refractivity contribution in [2.45, 2.75) is 24.9 Å². The summed E-state index contributed by atoms with van der Waals surface area (Å²) in [5, 5.41) is 9.83. The molecule has 2 rings (SSSR count). The fourth-order valence-corrected chi connectivity index (χ4v) is 2.31. The summed E-state index contributed by atoms with van der Waals surface area (Å²) in [5.41, 5.74) is -1.31. The smallest absolute Gasteiger partial charge is 0.348 e. The lowest BCUT2D eigenvalue weighted by Gasteiger charge is -2.16. The van der Waals surface area contributed by atoms with Gasteiger partial charge in [-0.1, -0.05) is 0 Å². The Hall–Kier alpha value is -1.51. The first-order chi connectivity index (χ1) is 9.26. The lowest BCUT2D eigenvalue weighted by atomic mass is 10.2. The van der Waals surface area contributed by atoms with Gasteiger partial charge in [-0.3, -0.25) is 18.9 Å². The van der Waals surface area contributed by atoms with Crippen LogP contribution in [0.3, 0.4) is 0 Å². The predicted octanol–water partition coefficient (Wildman–Crippen LogP) is -1.12. The number of nitrogens with zero attached hydrogens (tertiary/aromatic N) is 1. The average Bonchev–Trinajstić information content (AvgIpc) is 2.67. The zero-order valence-electron chi connectivity index (χ0n) is 10.1. The average molecular weight is 304 g/mol. The van der Waals surface area contributed by atoms with Crippen molar-refractivity contribution in [2.75, 3.05) is 0 Å². The Morgan fingerprint density at radius 3 is 2.75 bits per heavy atom. The fraction of sp³-hybridized carbons (Fsp3) is 0.400. The van der Waals surface area contributed by atoms with Crippen LogP contribution in [-0.2, 0) is 9.30 Å². The minimum atomic E-state index is -4.30. The monoisotopic (exact) mass is 304 g/mol. The highest BCUT2D eigenvalue weighted by Crippen LogP contribution is 2.37. The van der Waals surface area contributed by atoms with Gasteiger partial charge in [-0.05, 0) is 6.08 Å². The van der Waals surface area contributed by atoms with Crippen molar-refractivity contribution in [2.24, 2.45) is 0 Å². The van der Waals surface area contributed by atoms with Crippen LogP contribution in [0.4, 0.5) is 0 Å². The highest BCUT2D eigenvalue weighted by Gasteiger charge is 2.34. The Kier molecular flexibility index (Phi) is 4.07.